The molecule has 1 aromatic carbocycles. The van der Waals surface area contributed by atoms with Gasteiger partial charge in [-0.2, -0.15) is 10.1 Å². The first-order chi connectivity index (χ1) is 8.04. The Balaban J connectivity index is 2.42. The number of hydrazone groups is 1. The third-order valence-corrected chi connectivity index (χ3v) is 3.10. The van der Waals surface area contributed by atoms with Gasteiger partial charge in [-0.05, 0) is 38.0 Å². The molecule has 1 aliphatic rings. The number of benzene rings is 1. The van der Waals surface area contributed by atoms with Crippen LogP contribution in [-0.4, -0.2) is 18.2 Å². The third kappa shape index (κ3) is 1.96. The smallest absolute Gasteiger partial charge is 0.257 e. The Morgan fingerprint density at radius 2 is 2.06 bits per heavy atom. The molecule has 0 spiro atoms. The maximum Gasteiger partial charge on any atom is 0.257 e. The molecule has 1 heterocycles. The zero-order valence-electron chi connectivity index (χ0n) is 10.4. The fourth-order valence-electron chi connectivity index (χ4n) is 1.99. The molecule has 1 amide bonds. The van der Waals surface area contributed by atoms with Gasteiger partial charge in [-0.3, -0.25) is 4.79 Å². The minimum absolute atomic E-state index is 0.0290. The second-order valence-electron chi connectivity index (χ2n) is 4.47. The predicted molar refractivity (Wildman–Crippen MR) is 69.1 cm³/mol. The summed E-state index contributed by atoms with van der Waals surface area (Å²) in [6, 6.07) is 6.00. The molecule has 1 aromatic rings. The van der Waals surface area contributed by atoms with Gasteiger partial charge in [-0.25, -0.2) is 0 Å². The van der Waals surface area contributed by atoms with Gasteiger partial charge in [0.2, 0.25) is 0 Å². The lowest BCUT2D eigenvalue weighted by molar-refractivity contribution is -0.119. The first kappa shape index (κ1) is 11.8. The van der Waals surface area contributed by atoms with Crippen molar-refractivity contribution in [2.75, 3.05) is 11.6 Å². The largest absolute Gasteiger partial charge is 0.329 e. The first-order valence-corrected chi connectivity index (χ1v) is 5.71. The molecule has 4 nitrogen and oxygen atoms in total. The summed E-state index contributed by atoms with van der Waals surface area (Å²) in [6.45, 7) is 6.14. The van der Waals surface area contributed by atoms with E-state index in [4.69, 9.17) is 5.73 Å². The molecule has 1 atom stereocenters. The Bertz CT molecular complexity index is 493. The van der Waals surface area contributed by atoms with E-state index in [1.165, 1.54) is 5.01 Å². The van der Waals surface area contributed by atoms with Gasteiger partial charge in [-0.1, -0.05) is 12.1 Å². The SMILES string of the molecule is CC1=NN(c2cc(C)ccc2C)C(=O)C1CN. The van der Waals surface area contributed by atoms with Crippen LogP contribution in [0.25, 0.3) is 0 Å². The highest BCUT2D eigenvalue weighted by molar-refractivity contribution is 6.15. The predicted octanol–water partition coefficient (Wildman–Crippen LogP) is 1.60. The summed E-state index contributed by atoms with van der Waals surface area (Å²) < 4.78 is 0. The Kier molecular flexibility index (Phi) is 2.98. The van der Waals surface area contributed by atoms with E-state index in [1.807, 2.05) is 39.0 Å². The van der Waals surface area contributed by atoms with Gasteiger partial charge in [0.15, 0.2) is 0 Å². The number of nitrogens with two attached hydrogens (primary N) is 1. The topological polar surface area (TPSA) is 58.7 Å². The van der Waals surface area contributed by atoms with E-state index in [9.17, 15) is 4.79 Å². The molecule has 0 fully saturated rings. The van der Waals surface area contributed by atoms with E-state index in [0.29, 0.717) is 6.54 Å². The lowest BCUT2D eigenvalue weighted by Gasteiger charge is -2.16. The van der Waals surface area contributed by atoms with Crippen LogP contribution in [0.15, 0.2) is 23.3 Å². The number of hydrogen-bond acceptors (Lipinski definition) is 3. The molecule has 0 radical (unpaired) electrons. The van der Waals surface area contributed by atoms with Crippen molar-refractivity contribution in [1.29, 1.82) is 0 Å². The van der Waals surface area contributed by atoms with Crippen LogP contribution < -0.4 is 10.7 Å². The van der Waals surface area contributed by atoms with Crippen LogP contribution in [0.4, 0.5) is 5.69 Å². The van der Waals surface area contributed by atoms with Gasteiger partial charge >= 0.3 is 0 Å². The van der Waals surface area contributed by atoms with Crippen molar-refractivity contribution in [3.63, 3.8) is 0 Å². The molecule has 1 unspecified atom stereocenters. The average Bonchev–Trinajstić information content (AvgIpc) is 2.57. The van der Waals surface area contributed by atoms with Gasteiger partial charge in [-0.15, -0.1) is 0 Å². The maximum atomic E-state index is 12.1. The Morgan fingerprint density at radius 1 is 1.35 bits per heavy atom. The quantitative estimate of drug-likeness (QED) is 0.840. The molecule has 0 aliphatic carbocycles. The van der Waals surface area contributed by atoms with E-state index in [0.717, 1.165) is 22.5 Å². The van der Waals surface area contributed by atoms with Crippen LogP contribution >= 0.6 is 0 Å². The summed E-state index contributed by atoms with van der Waals surface area (Å²) in [5.41, 5.74) is 9.39. The number of aryl methyl sites for hydroxylation is 2. The molecule has 0 saturated carbocycles. The number of hydrogen-bond donors (Lipinski definition) is 1. The van der Waals surface area contributed by atoms with E-state index >= 15 is 0 Å². The zero-order chi connectivity index (χ0) is 12.6. The molecular formula is C13H17N3O. The van der Waals surface area contributed by atoms with Crippen LogP contribution in [0.5, 0.6) is 0 Å². The van der Waals surface area contributed by atoms with Crippen LogP contribution in [0, 0.1) is 19.8 Å². The second kappa shape index (κ2) is 4.30. The van der Waals surface area contributed by atoms with Crippen LogP contribution in [-0.2, 0) is 4.79 Å². The van der Waals surface area contributed by atoms with Gasteiger partial charge in [0.05, 0.1) is 11.6 Å². The summed E-state index contributed by atoms with van der Waals surface area (Å²) >= 11 is 0. The van der Waals surface area contributed by atoms with Crippen molar-refractivity contribution in [3.05, 3.63) is 29.3 Å². The molecule has 2 rings (SSSR count). The van der Waals surface area contributed by atoms with Gasteiger partial charge in [0.1, 0.15) is 0 Å². The molecule has 4 heteroatoms. The van der Waals surface area contributed by atoms with Crippen molar-refractivity contribution in [2.45, 2.75) is 20.8 Å². The summed E-state index contributed by atoms with van der Waals surface area (Å²) in [5.74, 6) is -0.298. The van der Waals surface area contributed by atoms with E-state index < -0.39 is 0 Å². The Morgan fingerprint density at radius 3 is 2.65 bits per heavy atom. The zero-order valence-corrected chi connectivity index (χ0v) is 10.4. The van der Waals surface area contributed by atoms with E-state index in [-0.39, 0.29) is 11.8 Å². The lowest BCUT2D eigenvalue weighted by atomic mass is 10.0. The van der Waals surface area contributed by atoms with Crippen molar-refractivity contribution >= 4 is 17.3 Å². The minimum atomic E-state index is -0.269. The normalized spacial score (nSPS) is 19.8. The third-order valence-electron chi connectivity index (χ3n) is 3.10. The van der Waals surface area contributed by atoms with Crippen LogP contribution in [0.3, 0.4) is 0 Å². The molecule has 90 valence electrons. The van der Waals surface area contributed by atoms with Gasteiger partial charge in [0, 0.05) is 12.3 Å². The first-order valence-electron chi connectivity index (χ1n) is 5.71. The number of nitrogens with zero attached hydrogens (tertiary/aromatic N) is 2. The van der Waals surface area contributed by atoms with Crippen molar-refractivity contribution in [1.82, 2.24) is 0 Å². The number of carbonyl (C=O) groups is 1. The lowest BCUT2D eigenvalue weighted by Crippen LogP contribution is -2.32. The summed E-state index contributed by atoms with van der Waals surface area (Å²) in [4.78, 5) is 12.1. The summed E-state index contributed by atoms with van der Waals surface area (Å²) in [5, 5.41) is 5.80. The van der Waals surface area contributed by atoms with Crippen molar-refractivity contribution < 1.29 is 4.79 Å². The monoisotopic (exact) mass is 231 g/mol. The van der Waals surface area contributed by atoms with Crippen molar-refractivity contribution in [2.24, 2.45) is 16.8 Å². The minimum Gasteiger partial charge on any atom is -0.329 e. The average molecular weight is 231 g/mol. The highest BCUT2D eigenvalue weighted by atomic mass is 16.2. The molecule has 0 saturated heterocycles. The Labute approximate surface area is 101 Å². The number of rotatable bonds is 2. The molecule has 2 N–H and O–H groups in total. The molecule has 0 aromatic heterocycles. The number of carbonyl (C=O) groups excluding carboxylic acids is 1. The molecule has 1 aliphatic heterocycles. The summed E-state index contributed by atoms with van der Waals surface area (Å²) in [6.07, 6.45) is 0. The summed E-state index contributed by atoms with van der Waals surface area (Å²) in [7, 11) is 0. The fourth-order valence-corrected chi connectivity index (χ4v) is 1.99. The Hall–Kier alpha value is -1.68. The molecule has 0 bridgehead atoms. The van der Waals surface area contributed by atoms with Crippen LogP contribution in [0.2, 0.25) is 0 Å². The van der Waals surface area contributed by atoms with Gasteiger partial charge < -0.3 is 5.73 Å². The van der Waals surface area contributed by atoms with Crippen LogP contribution in [0.1, 0.15) is 18.1 Å². The van der Waals surface area contributed by atoms with E-state index in [1.54, 1.807) is 0 Å². The molecule has 17 heavy (non-hydrogen) atoms. The van der Waals surface area contributed by atoms with E-state index in [2.05, 4.69) is 5.10 Å². The number of amides is 1. The highest BCUT2D eigenvalue weighted by Crippen LogP contribution is 2.27. The fraction of sp³-hybridized carbons (Fsp3) is 0.385. The van der Waals surface area contributed by atoms with Crippen molar-refractivity contribution in [3.8, 4) is 0 Å². The maximum absolute atomic E-state index is 12.1. The standard InChI is InChI=1S/C13H17N3O/c1-8-4-5-9(2)12(6-8)16-13(17)11(7-14)10(3)15-16/h4-6,11H,7,14H2,1-3H3. The van der Waals surface area contributed by atoms with Gasteiger partial charge in [0.25, 0.3) is 5.91 Å². The molecular weight excluding hydrogens is 214 g/mol. The highest BCUT2D eigenvalue weighted by Gasteiger charge is 2.33. The second-order valence-corrected chi connectivity index (χ2v) is 4.47. The number of anilines is 1.